The summed E-state index contributed by atoms with van der Waals surface area (Å²) in [6, 6.07) is 10.1. The van der Waals surface area contributed by atoms with Crippen LogP contribution in [0, 0.1) is 10.1 Å². The van der Waals surface area contributed by atoms with Gasteiger partial charge in [-0.3, -0.25) is 14.9 Å². The Morgan fingerprint density at radius 3 is 2.43 bits per heavy atom. The molecule has 1 saturated heterocycles. The molecule has 0 bridgehead atoms. The van der Waals surface area contributed by atoms with Crippen molar-refractivity contribution in [2.45, 2.75) is 25.9 Å². The molecule has 0 radical (unpaired) electrons. The molecule has 1 aromatic heterocycles. The van der Waals surface area contributed by atoms with Gasteiger partial charge in [-0.15, -0.1) is 11.3 Å². The van der Waals surface area contributed by atoms with Gasteiger partial charge in [-0.05, 0) is 37.4 Å². The summed E-state index contributed by atoms with van der Waals surface area (Å²) in [5.41, 5.74) is 0.430. The van der Waals surface area contributed by atoms with Gasteiger partial charge in [0.1, 0.15) is 32.2 Å². The molecule has 1 aliphatic heterocycles. The van der Waals surface area contributed by atoms with Crippen molar-refractivity contribution in [1.29, 1.82) is 0 Å². The van der Waals surface area contributed by atoms with Gasteiger partial charge in [-0.25, -0.2) is 0 Å². The third kappa shape index (κ3) is 4.76. The lowest BCUT2D eigenvalue weighted by Crippen LogP contribution is -3.28. The van der Waals surface area contributed by atoms with Crippen molar-refractivity contribution >= 4 is 22.9 Å². The van der Waals surface area contributed by atoms with E-state index in [2.05, 4.69) is 36.7 Å². The predicted octanol–water partition coefficient (Wildman–Crippen LogP) is 0.319. The summed E-state index contributed by atoms with van der Waals surface area (Å²) in [4.78, 5) is 27.5. The second-order valence-corrected chi connectivity index (χ2v) is 8.30. The standard InChI is InChI=1S/C20H26N4O3S/c1-3-22-10-12-23(13-11-22)19(18-5-4-14-28-18)15(2)21-20(25)16-6-8-17(9-7-16)24(26)27/h4-9,14-15,19H,3,10-13H2,1-2H3,(H,21,25)/p+2/t15-,19+/m1/s1. The van der Waals surface area contributed by atoms with Crippen molar-refractivity contribution in [3.8, 4) is 0 Å². The monoisotopic (exact) mass is 404 g/mol. The van der Waals surface area contributed by atoms with Crippen LogP contribution in [-0.4, -0.2) is 49.6 Å². The molecule has 2 atom stereocenters. The van der Waals surface area contributed by atoms with Crippen molar-refractivity contribution in [3.63, 3.8) is 0 Å². The Morgan fingerprint density at radius 1 is 1.21 bits per heavy atom. The van der Waals surface area contributed by atoms with Crippen molar-refractivity contribution in [2.24, 2.45) is 0 Å². The maximum Gasteiger partial charge on any atom is 0.269 e. The molecule has 3 rings (SSSR count). The Kier molecular flexibility index (Phi) is 6.77. The molecule has 8 heteroatoms. The minimum Gasteiger partial charge on any atom is -0.343 e. The van der Waals surface area contributed by atoms with Crippen LogP contribution >= 0.6 is 11.3 Å². The number of nitro groups is 1. The summed E-state index contributed by atoms with van der Waals surface area (Å²) in [5, 5.41) is 16.0. The first-order chi connectivity index (χ1) is 13.5. The summed E-state index contributed by atoms with van der Waals surface area (Å²) < 4.78 is 0. The van der Waals surface area contributed by atoms with Gasteiger partial charge in [0.15, 0.2) is 0 Å². The number of carbonyl (C=O) groups excluding carboxylic acids is 1. The maximum atomic E-state index is 12.7. The SMILES string of the molecule is CC[NH+]1CC[NH+]([C@H](c2cccs2)[C@@H](C)NC(=O)c2ccc([N+](=O)[O-])cc2)CC1. The first kappa shape index (κ1) is 20.4. The topological polar surface area (TPSA) is 81.1 Å². The minimum atomic E-state index is -0.460. The number of piperazine rings is 1. The molecule has 150 valence electrons. The van der Waals surface area contributed by atoms with E-state index in [9.17, 15) is 14.9 Å². The van der Waals surface area contributed by atoms with Gasteiger partial charge < -0.3 is 15.1 Å². The number of nitrogens with zero attached hydrogens (tertiary/aromatic N) is 1. The Hall–Kier alpha value is -2.29. The fraction of sp³-hybridized carbons (Fsp3) is 0.450. The highest BCUT2D eigenvalue weighted by atomic mass is 32.1. The van der Waals surface area contributed by atoms with Gasteiger partial charge in [0.05, 0.1) is 22.4 Å². The molecule has 3 N–H and O–H groups in total. The quantitative estimate of drug-likeness (QED) is 0.459. The minimum absolute atomic E-state index is 0.0122. The number of hydrogen-bond acceptors (Lipinski definition) is 4. The first-order valence-electron chi connectivity index (χ1n) is 9.76. The van der Waals surface area contributed by atoms with Gasteiger partial charge in [-0.1, -0.05) is 6.07 Å². The van der Waals surface area contributed by atoms with Gasteiger partial charge >= 0.3 is 0 Å². The lowest BCUT2D eigenvalue weighted by Gasteiger charge is -2.36. The van der Waals surface area contributed by atoms with Crippen molar-refractivity contribution < 1.29 is 19.5 Å². The van der Waals surface area contributed by atoms with Crippen molar-refractivity contribution in [3.05, 3.63) is 62.3 Å². The number of thiophene rings is 1. The van der Waals surface area contributed by atoms with Gasteiger partial charge in [0.2, 0.25) is 0 Å². The molecule has 7 nitrogen and oxygen atoms in total. The molecule has 0 spiro atoms. The first-order valence-corrected chi connectivity index (χ1v) is 10.6. The molecule has 2 heterocycles. The van der Waals surface area contributed by atoms with Gasteiger partial charge in [0.25, 0.3) is 11.6 Å². The maximum absolute atomic E-state index is 12.7. The molecular formula is C20H28N4O3S+2. The van der Waals surface area contributed by atoms with Crippen LogP contribution in [0.2, 0.25) is 0 Å². The molecule has 2 aromatic rings. The molecule has 28 heavy (non-hydrogen) atoms. The zero-order chi connectivity index (χ0) is 20.1. The second-order valence-electron chi connectivity index (χ2n) is 7.32. The number of carbonyl (C=O) groups is 1. The van der Waals surface area contributed by atoms with E-state index in [1.54, 1.807) is 16.2 Å². The van der Waals surface area contributed by atoms with E-state index in [0.29, 0.717) is 5.56 Å². The lowest BCUT2D eigenvalue weighted by molar-refractivity contribution is -1.03. The third-order valence-corrected chi connectivity index (χ3v) is 6.54. The van der Waals surface area contributed by atoms with Crippen molar-refractivity contribution in [2.75, 3.05) is 32.7 Å². The Morgan fingerprint density at radius 2 is 1.89 bits per heavy atom. The van der Waals surface area contributed by atoms with Gasteiger partial charge in [-0.2, -0.15) is 0 Å². The summed E-state index contributed by atoms with van der Waals surface area (Å²) in [6.07, 6.45) is 0. The fourth-order valence-electron chi connectivity index (χ4n) is 3.97. The Bertz CT molecular complexity index is 786. The van der Waals surface area contributed by atoms with Gasteiger partial charge in [0, 0.05) is 17.7 Å². The van der Waals surface area contributed by atoms with Crippen LogP contribution in [0.1, 0.15) is 35.1 Å². The molecule has 0 aliphatic carbocycles. The molecule has 0 unspecified atom stereocenters. The van der Waals surface area contributed by atoms with Crippen LogP contribution in [-0.2, 0) is 0 Å². The zero-order valence-corrected chi connectivity index (χ0v) is 17.1. The van der Waals surface area contributed by atoms with Crippen LogP contribution in [0.4, 0.5) is 5.69 Å². The van der Waals surface area contributed by atoms with E-state index >= 15 is 0 Å². The van der Waals surface area contributed by atoms with E-state index in [1.807, 2.05) is 0 Å². The summed E-state index contributed by atoms with van der Waals surface area (Å²) >= 11 is 1.73. The Labute approximate surface area is 169 Å². The molecule has 1 amide bonds. The molecular weight excluding hydrogens is 376 g/mol. The third-order valence-electron chi connectivity index (χ3n) is 5.59. The van der Waals surface area contributed by atoms with Crippen LogP contribution in [0.25, 0.3) is 0 Å². The van der Waals surface area contributed by atoms with Crippen LogP contribution < -0.4 is 15.1 Å². The van der Waals surface area contributed by atoms with Crippen LogP contribution in [0.5, 0.6) is 0 Å². The molecule has 0 saturated carbocycles. The summed E-state index contributed by atoms with van der Waals surface area (Å²) in [6.45, 7) is 9.91. The van der Waals surface area contributed by atoms with E-state index in [0.717, 1.165) is 32.7 Å². The number of amides is 1. The van der Waals surface area contributed by atoms with Crippen LogP contribution in [0.15, 0.2) is 41.8 Å². The highest BCUT2D eigenvalue weighted by molar-refractivity contribution is 7.10. The number of rotatable bonds is 7. The largest absolute Gasteiger partial charge is 0.343 e. The highest BCUT2D eigenvalue weighted by Gasteiger charge is 2.35. The molecule has 1 fully saturated rings. The van der Waals surface area contributed by atoms with E-state index in [-0.39, 0.29) is 23.7 Å². The van der Waals surface area contributed by atoms with E-state index in [4.69, 9.17) is 0 Å². The number of quaternary nitrogens is 2. The number of non-ortho nitro benzene ring substituents is 1. The number of hydrogen-bond donors (Lipinski definition) is 3. The fourth-order valence-corrected chi connectivity index (χ4v) is 4.96. The average Bonchev–Trinajstić information content (AvgIpc) is 3.23. The smallest absolute Gasteiger partial charge is 0.269 e. The number of nitro benzene ring substituents is 1. The van der Waals surface area contributed by atoms with E-state index in [1.165, 1.54) is 34.0 Å². The molecule has 1 aromatic carbocycles. The van der Waals surface area contributed by atoms with E-state index < -0.39 is 4.92 Å². The second kappa shape index (κ2) is 9.27. The van der Waals surface area contributed by atoms with Crippen molar-refractivity contribution in [1.82, 2.24) is 5.32 Å². The van der Waals surface area contributed by atoms with Crippen LogP contribution in [0.3, 0.4) is 0 Å². The predicted molar refractivity (Wildman–Crippen MR) is 109 cm³/mol. The number of benzene rings is 1. The Balaban J connectivity index is 1.71. The normalized spacial score (nSPS) is 21.6. The number of likely N-dealkylation sites (N-methyl/N-ethyl adjacent to an activating group) is 1. The average molecular weight is 405 g/mol. The highest BCUT2D eigenvalue weighted by Crippen LogP contribution is 2.20. The summed E-state index contributed by atoms with van der Waals surface area (Å²) in [5.74, 6) is -0.193. The lowest BCUT2D eigenvalue weighted by atomic mass is 10.0. The number of nitrogens with one attached hydrogen (secondary N) is 3. The summed E-state index contributed by atoms with van der Waals surface area (Å²) in [7, 11) is 0. The molecule has 1 aliphatic rings. The zero-order valence-electron chi connectivity index (χ0n) is 16.3.